The van der Waals surface area contributed by atoms with E-state index in [9.17, 15) is 9.59 Å². The van der Waals surface area contributed by atoms with E-state index in [-0.39, 0.29) is 17.1 Å². The zero-order valence-corrected chi connectivity index (χ0v) is 23.9. The molecule has 9 nitrogen and oxygen atoms in total. The molecule has 200 valence electrons. The second kappa shape index (κ2) is 10.9. The average Bonchev–Trinajstić information content (AvgIpc) is 2.98. The molecule has 0 spiro atoms. The summed E-state index contributed by atoms with van der Waals surface area (Å²) in [6.07, 6.45) is 4.77. The van der Waals surface area contributed by atoms with E-state index in [1.54, 1.807) is 44.9 Å². The average molecular weight is 521 g/mol. The van der Waals surface area contributed by atoms with Crippen molar-refractivity contribution < 1.29 is 23.6 Å². The Morgan fingerprint density at radius 3 is 2.28 bits per heavy atom. The fraction of sp³-hybridized carbons (Fsp3) is 0.760. The van der Waals surface area contributed by atoms with Crippen molar-refractivity contribution in [2.45, 2.75) is 108 Å². The molecule has 2 amide bonds. The summed E-state index contributed by atoms with van der Waals surface area (Å²) in [4.78, 5) is 36.5. The normalized spacial score (nSPS) is 22.4. The van der Waals surface area contributed by atoms with Crippen LogP contribution in [0.4, 0.5) is 4.79 Å². The van der Waals surface area contributed by atoms with Gasteiger partial charge in [0.15, 0.2) is 5.16 Å². The first-order valence-corrected chi connectivity index (χ1v) is 13.6. The van der Waals surface area contributed by atoms with Gasteiger partial charge < -0.3 is 24.3 Å². The van der Waals surface area contributed by atoms with E-state index >= 15 is 0 Å². The minimum Gasteiger partial charge on any atom is -0.444 e. The van der Waals surface area contributed by atoms with Crippen LogP contribution in [0.1, 0.15) is 75.2 Å². The Balaban J connectivity index is 1.59. The molecule has 11 heteroatoms. The van der Waals surface area contributed by atoms with Crippen LogP contribution >= 0.6 is 11.8 Å². The smallest absolute Gasteiger partial charge is 0.444 e. The van der Waals surface area contributed by atoms with Gasteiger partial charge in [-0.2, -0.15) is 0 Å². The van der Waals surface area contributed by atoms with E-state index < -0.39 is 36.1 Å². The predicted molar refractivity (Wildman–Crippen MR) is 141 cm³/mol. The third-order valence-electron chi connectivity index (χ3n) is 6.74. The van der Waals surface area contributed by atoms with Gasteiger partial charge in [-0.3, -0.25) is 4.79 Å². The molecule has 1 aromatic rings. The van der Waals surface area contributed by atoms with Crippen molar-refractivity contribution in [3.05, 3.63) is 12.4 Å². The maximum atomic E-state index is 13.3. The van der Waals surface area contributed by atoms with Gasteiger partial charge in [0.05, 0.1) is 11.2 Å². The SMILES string of the molecule is CC(C)[C@@H](NC(=O)OC(C)(C)C)C(=O)N1CCC[C@@H](Sc2ncc(B3OC(C)(C)C(C)(C)O3)cn2)C1. The van der Waals surface area contributed by atoms with Crippen molar-refractivity contribution in [1.29, 1.82) is 0 Å². The Labute approximate surface area is 220 Å². The summed E-state index contributed by atoms with van der Waals surface area (Å²) in [5, 5.41) is 3.59. The first kappa shape index (κ1) is 28.7. The Morgan fingerprint density at radius 1 is 1.17 bits per heavy atom. The highest BCUT2D eigenvalue weighted by Gasteiger charge is 2.52. The van der Waals surface area contributed by atoms with E-state index in [2.05, 4.69) is 15.3 Å². The van der Waals surface area contributed by atoms with Crippen LogP contribution in [0.25, 0.3) is 0 Å². The van der Waals surface area contributed by atoms with Gasteiger partial charge in [0, 0.05) is 36.2 Å². The summed E-state index contributed by atoms with van der Waals surface area (Å²) < 4.78 is 17.5. The van der Waals surface area contributed by atoms with Gasteiger partial charge >= 0.3 is 13.2 Å². The molecule has 2 atom stereocenters. The number of nitrogens with one attached hydrogen (secondary N) is 1. The van der Waals surface area contributed by atoms with Gasteiger partial charge in [-0.05, 0) is 67.2 Å². The molecule has 2 aliphatic rings. The third kappa shape index (κ3) is 7.13. The number of thioether (sulfide) groups is 1. The third-order valence-corrected chi connectivity index (χ3v) is 7.88. The molecule has 0 unspecified atom stereocenters. The second-order valence-corrected chi connectivity index (χ2v) is 13.2. The zero-order chi connectivity index (χ0) is 26.9. The minimum absolute atomic E-state index is 0.0658. The Kier molecular flexibility index (Phi) is 8.67. The number of likely N-dealkylation sites (tertiary alicyclic amines) is 1. The highest BCUT2D eigenvalue weighted by atomic mass is 32.2. The topological polar surface area (TPSA) is 103 Å². The summed E-state index contributed by atoms with van der Waals surface area (Å²) in [6, 6.07) is -0.640. The molecular formula is C25H41BN4O5S. The number of ether oxygens (including phenoxy) is 1. The van der Waals surface area contributed by atoms with E-state index in [1.165, 1.54) is 0 Å². The van der Waals surface area contributed by atoms with Crippen molar-refractivity contribution in [1.82, 2.24) is 20.2 Å². The first-order chi connectivity index (χ1) is 16.6. The molecule has 0 bridgehead atoms. The number of hydrogen-bond acceptors (Lipinski definition) is 8. The van der Waals surface area contributed by atoms with Crippen LogP contribution in [-0.4, -0.2) is 75.2 Å². The number of carbonyl (C=O) groups is 2. The highest BCUT2D eigenvalue weighted by molar-refractivity contribution is 7.99. The fourth-order valence-electron chi connectivity index (χ4n) is 4.02. The van der Waals surface area contributed by atoms with Crippen LogP contribution in [0.15, 0.2) is 17.6 Å². The molecule has 2 aliphatic heterocycles. The van der Waals surface area contributed by atoms with Crippen LogP contribution in [0, 0.1) is 5.92 Å². The Bertz CT molecular complexity index is 919. The quantitative estimate of drug-likeness (QED) is 0.450. The van der Waals surface area contributed by atoms with Crippen molar-refractivity contribution in [2.75, 3.05) is 13.1 Å². The minimum atomic E-state index is -0.640. The van der Waals surface area contributed by atoms with Crippen molar-refractivity contribution in [3.8, 4) is 0 Å². The zero-order valence-electron chi connectivity index (χ0n) is 23.1. The summed E-state index contributed by atoms with van der Waals surface area (Å²) >= 11 is 1.57. The summed E-state index contributed by atoms with van der Waals surface area (Å²) in [7, 11) is -0.498. The van der Waals surface area contributed by atoms with Crippen LogP contribution in [0.3, 0.4) is 0 Å². The highest BCUT2D eigenvalue weighted by Crippen LogP contribution is 2.36. The molecule has 0 aliphatic carbocycles. The number of hydrogen-bond donors (Lipinski definition) is 1. The number of rotatable bonds is 6. The molecule has 1 N–H and O–H groups in total. The summed E-state index contributed by atoms with van der Waals surface area (Å²) in [5.41, 5.74) is -0.684. The van der Waals surface area contributed by atoms with E-state index in [1.807, 2.05) is 46.4 Å². The molecule has 0 radical (unpaired) electrons. The van der Waals surface area contributed by atoms with E-state index in [0.717, 1.165) is 18.3 Å². The number of amides is 2. The second-order valence-electron chi connectivity index (χ2n) is 11.9. The van der Waals surface area contributed by atoms with Gasteiger partial charge in [0.2, 0.25) is 5.91 Å². The van der Waals surface area contributed by atoms with Crippen LogP contribution in [0.2, 0.25) is 0 Å². The van der Waals surface area contributed by atoms with Crippen molar-refractivity contribution in [3.63, 3.8) is 0 Å². The van der Waals surface area contributed by atoms with Crippen LogP contribution in [-0.2, 0) is 18.8 Å². The lowest BCUT2D eigenvalue weighted by Crippen LogP contribution is -2.54. The maximum Gasteiger partial charge on any atom is 0.498 e. The van der Waals surface area contributed by atoms with Crippen molar-refractivity contribution in [2.24, 2.45) is 5.92 Å². The van der Waals surface area contributed by atoms with E-state index in [4.69, 9.17) is 14.0 Å². The monoisotopic (exact) mass is 520 g/mol. The number of aromatic nitrogens is 2. The van der Waals surface area contributed by atoms with Gasteiger partial charge in [-0.1, -0.05) is 25.6 Å². The molecule has 2 fully saturated rings. The Hall–Kier alpha value is -1.85. The van der Waals surface area contributed by atoms with Gasteiger partial charge in [-0.15, -0.1) is 0 Å². The number of nitrogens with zero attached hydrogens (tertiary/aromatic N) is 3. The molecule has 3 heterocycles. The molecule has 0 saturated carbocycles. The lowest BCUT2D eigenvalue weighted by Gasteiger charge is -2.35. The largest absolute Gasteiger partial charge is 0.498 e. The standard InChI is InChI=1S/C25H41BN4O5S/c1-16(2)19(29-22(32)33-23(3,4)5)20(31)30-12-10-11-18(15-30)36-21-27-13-17(14-28-21)26-34-24(6,7)25(8,9)35-26/h13-14,16,18-19H,10-12,15H2,1-9H3,(H,29,32)/t18-,19-/m1/s1. The summed E-state index contributed by atoms with van der Waals surface area (Å²) in [6.45, 7) is 18.5. The first-order valence-electron chi connectivity index (χ1n) is 12.7. The number of piperidine rings is 1. The fourth-order valence-corrected chi connectivity index (χ4v) is 5.08. The van der Waals surface area contributed by atoms with Crippen LogP contribution in [0.5, 0.6) is 0 Å². The van der Waals surface area contributed by atoms with Crippen LogP contribution < -0.4 is 10.8 Å². The van der Waals surface area contributed by atoms with Gasteiger partial charge in [0.25, 0.3) is 0 Å². The lowest BCUT2D eigenvalue weighted by molar-refractivity contribution is -0.135. The Morgan fingerprint density at radius 2 is 1.75 bits per heavy atom. The molecule has 2 saturated heterocycles. The molecule has 1 aromatic heterocycles. The summed E-state index contributed by atoms with van der Waals surface area (Å²) in [5.74, 6) is -0.151. The maximum absolute atomic E-state index is 13.3. The molecule has 36 heavy (non-hydrogen) atoms. The molecule has 3 rings (SSSR count). The van der Waals surface area contributed by atoms with Gasteiger partial charge in [-0.25, -0.2) is 14.8 Å². The lowest BCUT2D eigenvalue weighted by atomic mass is 9.81. The number of carbonyl (C=O) groups excluding carboxylic acids is 2. The van der Waals surface area contributed by atoms with Crippen molar-refractivity contribution >= 4 is 36.3 Å². The van der Waals surface area contributed by atoms with E-state index in [0.29, 0.717) is 18.2 Å². The molecule has 0 aromatic carbocycles. The predicted octanol–water partition coefficient (Wildman–Crippen LogP) is 3.41. The number of alkyl carbamates (subject to hydrolysis) is 1. The molecular weight excluding hydrogens is 479 g/mol. The van der Waals surface area contributed by atoms with Gasteiger partial charge in [0.1, 0.15) is 11.6 Å².